The van der Waals surface area contributed by atoms with E-state index in [1.54, 1.807) is 12.5 Å². The Labute approximate surface area is 135 Å². The third kappa shape index (κ3) is 4.91. The second-order valence-corrected chi connectivity index (χ2v) is 5.76. The van der Waals surface area contributed by atoms with E-state index in [0.29, 0.717) is 19.6 Å². The standard InChI is InChI=1S/C17H22N4O2/c22-17(9-16-12-23-8-6-19-16)20-10-14-1-3-15(4-2-14)11-21-7-5-18-13-21/h1-5,7,13,16,19H,6,8-12H2,(H,20,22). The van der Waals surface area contributed by atoms with Crippen molar-refractivity contribution >= 4 is 5.91 Å². The minimum absolute atomic E-state index is 0.0514. The van der Waals surface area contributed by atoms with Crippen LogP contribution in [0.1, 0.15) is 17.5 Å². The molecule has 1 aromatic heterocycles. The molecule has 0 bridgehead atoms. The minimum Gasteiger partial charge on any atom is -0.378 e. The molecule has 2 heterocycles. The van der Waals surface area contributed by atoms with E-state index in [-0.39, 0.29) is 11.9 Å². The lowest BCUT2D eigenvalue weighted by atomic mass is 10.1. The molecule has 0 radical (unpaired) electrons. The number of hydrogen-bond donors (Lipinski definition) is 2. The van der Waals surface area contributed by atoms with Crippen molar-refractivity contribution < 1.29 is 9.53 Å². The summed E-state index contributed by atoms with van der Waals surface area (Å²) in [5.74, 6) is 0.0514. The second kappa shape index (κ2) is 7.89. The van der Waals surface area contributed by atoms with E-state index in [9.17, 15) is 4.79 Å². The number of carbonyl (C=O) groups is 1. The highest BCUT2D eigenvalue weighted by atomic mass is 16.5. The SMILES string of the molecule is O=C(CC1COCCN1)NCc1ccc(Cn2ccnc2)cc1. The first kappa shape index (κ1) is 15.7. The third-order valence-electron chi connectivity index (χ3n) is 3.87. The second-order valence-electron chi connectivity index (χ2n) is 5.76. The molecule has 1 fully saturated rings. The Hall–Kier alpha value is -2.18. The van der Waals surface area contributed by atoms with Crippen molar-refractivity contribution in [3.05, 3.63) is 54.1 Å². The number of ether oxygens (including phenoxy) is 1. The van der Waals surface area contributed by atoms with Gasteiger partial charge in [-0.25, -0.2) is 4.98 Å². The number of hydrogen-bond acceptors (Lipinski definition) is 4. The number of benzene rings is 1. The molecule has 0 spiro atoms. The summed E-state index contributed by atoms with van der Waals surface area (Å²) in [6.45, 7) is 3.51. The maximum atomic E-state index is 11.9. The molecule has 6 heteroatoms. The predicted molar refractivity (Wildman–Crippen MR) is 86.8 cm³/mol. The van der Waals surface area contributed by atoms with Crippen LogP contribution < -0.4 is 10.6 Å². The zero-order valence-electron chi connectivity index (χ0n) is 13.1. The van der Waals surface area contributed by atoms with E-state index in [4.69, 9.17) is 4.74 Å². The zero-order chi connectivity index (χ0) is 15.9. The molecular weight excluding hydrogens is 292 g/mol. The van der Waals surface area contributed by atoms with Crippen molar-refractivity contribution in [3.63, 3.8) is 0 Å². The maximum absolute atomic E-state index is 11.9. The molecule has 2 N–H and O–H groups in total. The van der Waals surface area contributed by atoms with Gasteiger partial charge in [-0.1, -0.05) is 24.3 Å². The zero-order valence-corrected chi connectivity index (χ0v) is 13.1. The van der Waals surface area contributed by atoms with Gasteiger partial charge in [0, 0.05) is 44.5 Å². The van der Waals surface area contributed by atoms with Crippen molar-refractivity contribution in [1.82, 2.24) is 20.2 Å². The van der Waals surface area contributed by atoms with Gasteiger partial charge in [0.05, 0.1) is 19.5 Å². The number of amides is 1. The van der Waals surface area contributed by atoms with Gasteiger partial charge in [0.25, 0.3) is 0 Å². The van der Waals surface area contributed by atoms with E-state index in [2.05, 4.69) is 39.9 Å². The fourth-order valence-electron chi connectivity index (χ4n) is 2.60. The van der Waals surface area contributed by atoms with Gasteiger partial charge in [-0.05, 0) is 11.1 Å². The van der Waals surface area contributed by atoms with E-state index in [0.717, 1.165) is 25.3 Å². The molecular formula is C17H22N4O2. The van der Waals surface area contributed by atoms with E-state index in [1.165, 1.54) is 5.56 Å². The quantitative estimate of drug-likeness (QED) is 0.832. The Morgan fingerprint density at radius 3 is 2.87 bits per heavy atom. The summed E-state index contributed by atoms with van der Waals surface area (Å²) < 4.78 is 7.38. The first-order valence-corrected chi connectivity index (χ1v) is 7.91. The van der Waals surface area contributed by atoms with Gasteiger partial charge < -0.3 is 19.9 Å². The van der Waals surface area contributed by atoms with Crippen molar-refractivity contribution in [2.45, 2.75) is 25.6 Å². The van der Waals surface area contributed by atoms with Crippen molar-refractivity contribution in [2.75, 3.05) is 19.8 Å². The summed E-state index contributed by atoms with van der Waals surface area (Å²) in [5, 5.41) is 6.24. The summed E-state index contributed by atoms with van der Waals surface area (Å²) in [5.41, 5.74) is 2.31. The first-order chi connectivity index (χ1) is 11.3. The van der Waals surface area contributed by atoms with Crippen LogP contribution in [0.2, 0.25) is 0 Å². The van der Waals surface area contributed by atoms with Crippen LogP contribution in [0.5, 0.6) is 0 Å². The molecule has 23 heavy (non-hydrogen) atoms. The monoisotopic (exact) mass is 314 g/mol. The highest BCUT2D eigenvalue weighted by Crippen LogP contribution is 2.07. The maximum Gasteiger partial charge on any atom is 0.221 e. The molecule has 1 amide bonds. The molecule has 6 nitrogen and oxygen atoms in total. The summed E-state index contributed by atoms with van der Waals surface area (Å²) in [6, 6.07) is 8.39. The molecule has 1 atom stereocenters. The summed E-state index contributed by atoms with van der Waals surface area (Å²) >= 11 is 0. The van der Waals surface area contributed by atoms with E-state index < -0.39 is 0 Å². The van der Waals surface area contributed by atoms with Gasteiger partial charge in [-0.15, -0.1) is 0 Å². The minimum atomic E-state index is 0.0514. The van der Waals surface area contributed by atoms with Gasteiger partial charge in [0.1, 0.15) is 0 Å². The molecule has 2 aromatic rings. The smallest absolute Gasteiger partial charge is 0.221 e. The number of morpholine rings is 1. The molecule has 1 saturated heterocycles. The number of imidazole rings is 1. The lowest BCUT2D eigenvalue weighted by Crippen LogP contribution is -2.44. The largest absolute Gasteiger partial charge is 0.378 e. The van der Waals surface area contributed by atoms with Crippen LogP contribution in [0.4, 0.5) is 0 Å². The van der Waals surface area contributed by atoms with Crippen molar-refractivity contribution in [3.8, 4) is 0 Å². The van der Waals surface area contributed by atoms with Gasteiger partial charge in [0.15, 0.2) is 0 Å². The van der Waals surface area contributed by atoms with Gasteiger partial charge in [-0.2, -0.15) is 0 Å². The third-order valence-corrected chi connectivity index (χ3v) is 3.87. The van der Waals surface area contributed by atoms with Crippen molar-refractivity contribution in [1.29, 1.82) is 0 Å². The Bertz CT molecular complexity index is 604. The first-order valence-electron chi connectivity index (χ1n) is 7.91. The van der Waals surface area contributed by atoms with Crippen molar-refractivity contribution in [2.24, 2.45) is 0 Å². The Balaban J connectivity index is 1.43. The molecule has 0 saturated carbocycles. The topological polar surface area (TPSA) is 68.2 Å². The molecule has 3 rings (SSSR count). The highest BCUT2D eigenvalue weighted by molar-refractivity contribution is 5.76. The predicted octanol–water partition coefficient (Wildman–Crippen LogP) is 0.926. The number of carbonyl (C=O) groups excluding carboxylic acids is 1. The number of aromatic nitrogens is 2. The Kier molecular flexibility index (Phi) is 5.39. The van der Waals surface area contributed by atoms with Crippen LogP contribution in [0, 0.1) is 0 Å². The Morgan fingerprint density at radius 2 is 2.17 bits per heavy atom. The highest BCUT2D eigenvalue weighted by Gasteiger charge is 2.16. The van der Waals surface area contributed by atoms with Gasteiger partial charge >= 0.3 is 0 Å². The molecule has 1 aliphatic heterocycles. The lowest BCUT2D eigenvalue weighted by Gasteiger charge is -2.23. The number of rotatable bonds is 6. The fraction of sp³-hybridized carbons (Fsp3) is 0.412. The van der Waals surface area contributed by atoms with Gasteiger partial charge in [-0.3, -0.25) is 4.79 Å². The average Bonchev–Trinajstić information content (AvgIpc) is 3.08. The molecule has 1 unspecified atom stereocenters. The molecule has 122 valence electrons. The van der Waals surface area contributed by atoms with Crippen LogP contribution in [-0.2, 0) is 22.6 Å². The van der Waals surface area contributed by atoms with Gasteiger partial charge in [0.2, 0.25) is 5.91 Å². The van der Waals surface area contributed by atoms with E-state index in [1.807, 2.05) is 10.8 Å². The summed E-state index contributed by atoms with van der Waals surface area (Å²) in [4.78, 5) is 16.0. The molecule has 1 aliphatic rings. The van der Waals surface area contributed by atoms with Crippen LogP contribution in [-0.4, -0.2) is 41.3 Å². The molecule has 1 aromatic carbocycles. The number of nitrogens with one attached hydrogen (secondary N) is 2. The average molecular weight is 314 g/mol. The molecule has 0 aliphatic carbocycles. The fourth-order valence-corrected chi connectivity index (χ4v) is 2.60. The van der Waals surface area contributed by atoms with Crippen LogP contribution in [0.15, 0.2) is 43.0 Å². The van der Waals surface area contributed by atoms with E-state index >= 15 is 0 Å². The number of nitrogens with zero attached hydrogens (tertiary/aromatic N) is 2. The normalized spacial score (nSPS) is 17.8. The van der Waals surface area contributed by atoms with Crippen LogP contribution in [0.25, 0.3) is 0 Å². The summed E-state index contributed by atoms with van der Waals surface area (Å²) in [7, 11) is 0. The lowest BCUT2D eigenvalue weighted by molar-refractivity contribution is -0.122. The Morgan fingerprint density at radius 1 is 1.35 bits per heavy atom. The van der Waals surface area contributed by atoms with Crippen LogP contribution >= 0.6 is 0 Å². The summed E-state index contributed by atoms with van der Waals surface area (Å²) in [6.07, 6.45) is 5.98. The van der Waals surface area contributed by atoms with Crippen LogP contribution in [0.3, 0.4) is 0 Å².